The summed E-state index contributed by atoms with van der Waals surface area (Å²) in [5, 5.41) is 0. The van der Waals surface area contributed by atoms with Crippen LogP contribution in [0, 0.1) is 6.92 Å². The Morgan fingerprint density at radius 1 is 0.593 bits per heavy atom. The Hall–Kier alpha value is -3.16. The molecule has 0 saturated carbocycles. The molecule has 0 spiro atoms. The van der Waals surface area contributed by atoms with E-state index in [1.165, 1.54) is 5.69 Å². The Labute approximate surface area is 162 Å². The van der Waals surface area contributed by atoms with Crippen LogP contribution in [-0.2, 0) is 28.2 Å². The van der Waals surface area contributed by atoms with E-state index in [2.05, 4.69) is 19.9 Å². The molecule has 0 N–H and O–H groups in total. The number of hydrogen-bond acceptors (Lipinski definition) is 4. The molecule has 4 rings (SSSR count). The first-order valence-corrected chi connectivity index (χ1v) is 8.67. The average Bonchev–Trinajstić information content (AvgIpc) is 3.46. The summed E-state index contributed by atoms with van der Waals surface area (Å²) < 4.78 is 7.64. The van der Waals surface area contributed by atoms with Crippen LogP contribution in [0.2, 0.25) is 0 Å². The molecule has 0 saturated heterocycles. The van der Waals surface area contributed by atoms with E-state index in [1.807, 2.05) is 92.0 Å². The van der Waals surface area contributed by atoms with Gasteiger partial charge in [-0.15, -0.1) is 0 Å². The van der Waals surface area contributed by atoms with Crippen LogP contribution in [0.4, 0.5) is 0 Å². The first-order chi connectivity index (χ1) is 13.0. The van der Waals surface area contributed by atoms with Crippen LogP contribution in [0.3, 0.4) is 0 Å². The lowest BCUT2D eigenvalue weighted by Gasteiger charge is -1.87. The van der Waals surface area contributed by atoms with Crippen molar-refractivity contribution in [3.8, 4) is 0 Å². The standard InChI is InChI=1S/C5H8N2.3C4H6N2.C2H6/c1-5-3-6-4-7(5)2;3*1-6-3-2-5-4-6;1-2/h3-4H,1-2H3;3*2-4H,1H3;1-2H3. The van der Waals surface area contributed by atoms with Crippen molar-refractivity contribution < 1.29 is 0 Å². The number of aryl methyl sites for hydroxylation is 5. The van der Waals surface area contributed by atoms with Gasteiger partial charge in [0.1, 0.15) is 0 Å². The predicted molar refractivity (Wildman–Crippen MR) is 109 cm³/mol. The van der Waals surface area contributed by atoms with Gasteiger partial charge < -0.3 is 18.3 Å². The molecule has 0 bridgehead atoms. The summed E-state index contributed by atoms with van der Waals surface area (Å²) in [6, 6.07) is 0. The smallest absolute Gasteiger partial charge is 0.0945 e. The molecule has 0 atom stereocenters. The van der Waals surface area contributed by atoms with E-state index < -0.39 is 0 Å². The van der Waals surface area contributed by atoms with Gasteiger partial charge in [0.25, 0.3) is 0 Å². The molecule has 8 nitrogen and oxygen atoms in total. The van der Waals surface area contributed by atoms with Crippen molar-refractivity contribution >= 4 is 0 Å². The predicted octanol–water partition coefficient (Wildman–Crippen LogP) is 3.02. The Balaban J connectivity index is 0.000000324. The molecule has 0 aliphatic heterocycles. The van der Waals surface area contributed by atoms with Gasteiger partial charge in [-0.1, -0.05) is 13.8 Å². The Morgan fingerprint density at radius 2 is 0.963 bits per heavy atom. The monoisotopic (exact) mass is 372 g/mol. The number of aromatic nitrogens is 8. The highest BCUT2D eigenvalue weighted by Gasteiger charge is 1.83. The molecule has 8 heteroatoms. The fourth-order valence-corrected chi connectivity index (χ4v) is 1.40. The zero-order chi connectivity index (χ0) is 20.5. The van der Waals surface area contributed by atoms with Gasteiger partial charge in [0.15, 0.2) is 0 Å². The maximum absolute atomic E-state index is 3.88. The van der Waals surface area contributed by atoms with E-state index >= 15 is 0 Å². The quantitative estimate of drug-likeness (QED) is 0.476. The molecule has 27 heavy (non-hydrogen) atoms. The lowest BCUT2D eigenvalue weighted by Crippen LogP contribution is -1.84. The van der Waals surface area contributed by atoms with E-state index in [0.717, 1.165) is 0 Å². The van der Waals surface area contributed by atoms with Gasteiger partial charge in [0.2, 0.25) is 0 Å². The van der Waals surface area contributed by atoms with Crippen molar-refractivity contribution in [1.82, 2.24) is 38.2 Å². The van der Waals surface area contributed by atoms with Gasteiger partial charge in [-0.05, 0) is 6.92 Å². The lowest BCUT2D eigenvalue weighted by atomic mass is 10.5. The molecule has 148 valence electrons. The van der Waals surface area contributed by atoms with E-state index in [4.69, 9.17) is 0 Å². The van der Waals surface area contributed by atoms with Crippen molar-refractivity contribution in [2.24, 2.45) is 28.2 Å². The van der Waals surface area contributed by atoms with Crippen LogP contribution in [0.5, 0.6) is 0 Å². The Bertz CT molecular complexity index is 660. The van der Waals surface area contributed by atoms with Crippen molar-refractivity contribution in [3.63, 3.8) is 0 Å². The molecule has 0 aliphatic rings. The van der Waals surface area contributed by atoms with Crippen LogP contribution < -0.4 is 0 Å². The van der Waals surface area contributed by atoms with E-state index in [-0.39, 0.29) is 0 Å². The summed E-state index contributed by atoms with van der Waals surface area (Å²) in [5.41, 5.74) is 1.19. The second kappa shape index (κ2) is 15.1. The van der Waals surface area contributed by atoms with Crippen LogP contribution in [0.1, 0.15) is 19.5 Å². The first-order valence-electron chi connectivity index (χ1n) is 8.67. The minimum absolute atomic E-state index is 1.19. The molecule has 4 heterocycles. The molecule has 0 aliphatic carbocycles. The summed E-state index contributed by atoms with van der Waals surface area (Å²) in [4.78, 5) is 15.2. The van der Waals surface area contributed by atoms with Crippen LogP contribution >= 0.6 is 0 Å². The molecular weight excluding hydrogens is 340 g/mol. The number of hydrogen-bond donors (Lipinski definition) is 0. The van der Waals surface area contributed by atoms with Crippen molar-refractivity contribution in [2.45, 2.75) is 20.8 Å². The van der Waals surface area contributed by atoms with Gasteiger partial charge in [-0.2, -0.15) is 0 Å². The fourth-order valence-electron chi connectivity index (χ4n) is 1.40. The highest BCUT2D eigenvalue weighted by molar-refractivity contribution is 4.91. The highest BCUT2D eigenvalue weighted by Crippen LogP contribution is 1.88. The Morgan fingerprint density at radius 3 is 1.04 bits per heavy atom. The van der Waals surface area contributed by atoms with Crippen molar-refractivity contribution in [3.05, 3.63) is 74.4 Å². The fraction of sp³-hybridized carbons (Fsp3) is 0.368. The van der Waals surface area contributed by atoms with Gasteiger partial charge in [-0.25, -0.2) is 19.9 Å². The Kier molecular flexibility index (Phi) is 13.4. The van der Waals surface area contributed by atoms with Crippen molar-refractivity contribution in [2.75, 3.05) is 0 Å². The molecule has 4 aromatic rings. The summed E-state index contributed by atoms with van der Waals surface area (Å²) >= 11 is 0. The van der Waals surface area contributed by atoms with Crippen LogP contribution in [0.15, 0.2) is 68.7 Å². The summed E-state index contributed by atoms with van der Waals surface area (Å²) in [7, 11) is 7.79. The third kappa shape index (κ3) is 12.8. The van der Waals surface area contributed by atoms with Gasteiger partial charge in [-0.3, -0.25) is 0 Å². The second-order valence-corrected chi connectivity index (χ2v) is 5.33. The van der Waals surface area contributed by atoms with E-state index in [0.29, 0.717) is 0 Å². The zero-order valence-electron chi connectivity index (χ0n) is 17.4. The topological polar surface area (TPSA) is 71.3 Å². The van der Waals surface area contributed by atoms with E-state index in [1.54, 1.807) is 43.9 Å². The molecule has 4 aromatic heterocycles. The maximum atomic E-state index is 3.88. The number of nitrogens with zero attached hydrogens (tertiary/aromatic N) is 8. The molecule has 0 amide bonds. The van der Waals surface area contributed by atoms with Crippen LogP contribution in [0.25, 0.3) is 0 Å². The maximum Gasteiger partial charge on any atom is 0.0945 e. The third-order valence-electron chi connectivity index (χ3n) is 2.97. The minimum Gasteiger partial charge on any atom is -0.341 e. The SMILES string of the molecule is CC.Cc1cncn1C.Cn1ccnc1.Cn1ccnc1.Cn1ccnc1. The minimum atomic E-state index is 1.19. The van der Waals surface area contributed by atoms with Gasteiger partial charge >= 0.3 is 0 Å². The second-order valence-electron chi connectivity index (χ2n) is 5.33. The zero-order valence-corrected chi connectivity index (χ0v) is 17.4. The highest BCUT2D eigenvalue weighted by atomic mass is 15.0. The van der Waals surface area contributed by atoms with Gasteiger partial charge in [0, 0.05) is 77.3 Å². The lowest BCUT2D eigenvalue weighted by molar-refractivity contribution is 0.873. The summed E-state index contributed by atoms with van der Waals surface area (Å²) in [6.45, 7) is 6.02. The van der Waals surface area contributed by atoms with Crippen molar-refractivity contribution in [1.29, 1.82) is 0 Å². The molecule has 0 fully saturated rings. The van der Waals surface area contributed by atoms with Crippen LogP contribution in [-0.4, -0.2) is 38.2 Å². The normalized spacial score (nSPS) is 8.56. The molecular formula is C19H32N8. The first kappa shape index (κ1) is 23.8. The number of imidazole rings is 4. The largest absolute Gasteiger partial charge is 0.341 e. The average molecular weight is 373 g/mol. The third-order valence-corrected chi connectivity index (χ3v) is 2.97. The summed E-state index contributed by atoms with van der Waals surface area (Å²) in [6.07, 6.45) is 19.8. The molecule has 0 radical (unpaired) electrons. The van der Waals surface area contributed by atoms with Gasteiger partial charge in [0.05, 0.1) is 25.3 Å². The van der Waals surface area contributed by atoms with E-state index in [9.17, 15) is 0 Å². The molecule has 0 aromatic carbocycles. The summed E-state index contributed by atoms with van der Waals surface area (Å²) in [5.74, 6) is 0. The number of rotatable bonds is 0. The molecule has 0 unspecified atom stereocenters.